The van der Waals surface area contributed by atoms with E-state index in [9.17, 15) is 0 Å². The third-order valence-corrected chi connectivity index (χ3v) is 57.8. The van der Waals surface area contributed by atoms with Gasteiger partial charge in [-0.15, -0.1) is 0 Å². The molecular weight excluding hydrogens is 734 g/mol. The van der Waals surface area contributed by atoms with E-state index in [0.717, 1.165) is 10.3 Å². The Labute approximate surface area is 306 Å². The minimum atomic E-state index is -2.03. The summed E-state index contributed by atoms with van der Waals surface area (Å²) in [7, 11) is -9.44. The van der Waals surface area contributed by atoms with Gasteiger partial charge in [0, 0.05) is 0 Å². The van der Waals surface area contributed by atoms with Crippen molar-refractivity contribution in [3.8, 4) is 11.1 Å². The van der Waals surface area contributed by atoms with Gasteiger partial charge in [-0.1, -0.05) is 0 Å². The molecule has 0 saturated heterocycles. The molecule has 1 heterocycles. The zero-order chi connectivity index (χ0) is 36.2. The van der Waals surface area contributed by atoms with Crippen LogP contribution in [0.5, 0.6) is 0 Å². The van der Waals surface area contributed by atoms with Gasteiger partial charge < -0.3 is 0 Å². The van der Waals surface area contributed by atoms with E-state index >= 15 is 0 Å². The molecule has 1 radical (unpaired) electrons. The van der Waals surface area contributed by atoms with Crippen LogP contribution in [0.15, 0.2) is 65.6 Å². The molecule has 5 rings (SSSR count). The summed E-state index contributed by atoms with van der Waals surface area (Å²) in [4.78, 5) is 3.02. The van der Waals surface area contributed by atoms with Crippen molar-refractivity contribution in [2.24, 2.45) is 0 Å². The third kappa shape index (κ3) is 6.23. The molecule has 2 aliphatic rings. The molecular formula is C41H67GeSi6. The van der Waals surface area contributed by atoms with Gasteiger partial charge in [-0.3, -0.25) is 0 Å². The summed E-state index contributed by atoms with van der Waals surface area (Å²) in [5.41, 5.74) is 12.9. The number of hydrogen-bond acceptors (Lipinski definition) is 0. The molecule has 48 heavy (non-hydrogen) atoms. The summed E-state index contributed by atoms with van der Waals surface area (Å²) in [5.74, 6) is 0. The maximum absolute atomic E-state index is 3.02. The Bertz CT molecular complexity index is 1640. The van der Waals surface area contributed by atoms with Crippen LogP contribution in [-0.4, -0.2) is 62.8 Å². The Morgan fingerprint density at radius 2 is 0.875 bits per heavy atom. The standard InChI is InChI=1S/C41H67GeSi6/c1-43(2,3)39(44(4,5)6)30-27-35(40(45(7,8)9)46(10,11)12)38-37(28-30)41(47(13,14)15,48(16,17)18)42(38)29-36-33-25-21-19-23-31(33)32-24-20-22-26-34(32)36/h19-29,39-40H,1-18H3. The molecule has 259 valence electrons. The molecule has 0 nitrogen and oxygen atoms in total. The second-order valence-corrected chi connectivity index (χ2v) is 62.1. The van der Waals surface area contributed by atoms with Crippen molar-refractivity contribution >= 4 is 72.8 Å². The Morgan fingerprint density at radius 1 is 0.500 bits per heavy atom. The van der Waals surface area contributed by atoms with Crippen LogP contribution >= 0.6 is 0 Å². The van der Waals surface area contributed by atoms with Gasteiger partial charge in [0.25, 0.3) is 0 Å². The van der Waals surface area contributed by atoms with Gasteiger partial charge in [0.2, 0.25) is 0 Å². The minimum absolute atomic E-state index is 0.437. The number of rotatable bonds is 9. The van der Waals surface area contributed by atoms with Gasteiger partial charge in [0.15, 0.2) is 0 Å². The molecule has 0 atom stereocenters. The SMILES string of the molecule is C[Si](C)(C)C(c1cc(C([Si](C)(C)C)[Si](C)(C)C)[c]2c(c1)[C]([Si](C)(C)C)([Si](C)(C)C)[Ge]2[CH]=C1c2ccccc2-c2ccccc21)[Si](C)(C)C. The monoisotopic (exact) mass is 801 g/mol. The fraction of sp³-hybridized carbons (Fsp3) is 0.512. The predicted octanol–water partition coefficient (Wildman–Crippen LogP) is 12.3. The first-order valence-electron chi connectivity index (χ1n) is 18.6. The molecule has 0 aromatic heterocycles. The van der Waals surface area contributed by atoms with Crippen LogP contribution in [0.25, 0.3) is 16.7 Å². The predicted molar refractivity (Wildman–Crippen MR) is 238 cm³/mol. The second-order valence-electron chi connectivity index (χ2n) is 21.7. The first-order chi connectivity index (χ1) is 21.6. The zero-order valence-electron chi connectivity index (χ0n) is 34.0. The summed E-state index contributed by atoms with van der Waals surface area (Å²) in [6.07, 6.45) is 0. The van der Waals surface area contributed by atoms with Crippen LogP contribution in [0.2, 0.25) is 118 Å². The first-order valence-corrected chi connectivity index (χ1v) is 43.2. The topological polar surface area (TPSA) is 0 Å². The van der Waals surface area contributed by atoms with E-state index in [0.29, 0.717) is 3.49 Å². The van der Waals surface area contributed by atoms with Gasteiger partial charge in [-0.25, -0.2) is 0 Å². The molecule has 0 amide bonds. The van der Waals surface area contributed by atoms with Crippen molar-refractivity contribution in [3.63, 3.8) is 0 Å². The van der Waals surface area contributed by atoms with E-state index in [1.807, 2.05) is 15.5 Å². The number of hydrogen-bond donors (Lipinski definition) is 0. The van der Waals surface area contributed by atoms with Crippen LogP contribution in [0, 0.1) is 0 Å². The van der Waals surface area contributed by atoms with Gasteiger partial charge in [-0.05, 0) is 0 Å². The van der Waals surface area contributed by atoms with Gasteiger partial charge in [0.1, 0.15) is 0 Å². The van der Waals surface area contributed by atoms with E-state index < -0.39 is 62.8 Å². The molecule has 1 aliphatic heterocycles. The molecule has 3 aromatic carbocycles. The zero-order valence-corrected chi connectivity index (χ0v) is 42.1. The normalized spacial score (nSPS) is 17.0. The molecule has 0 fully saturated rings. The van der Waals surface area contributed by atoms with Gasteiger partial charge in [-0.2, -0.15) is 0 Å². The average molecular weight is 801 g/mol. The van der Waals surface area contributed by atoms with Crippen LogP contribution in [0.1, 0.15) is 38.1 Å². The average Bonchev–Trinajstić information content (AvgIpc) is 3.16. The Kier molecular flexibility index (Phi) is 9.74. The summed E-state index contributed by atoms with van der Waals surface area (Å²) in [6, 6.07) is 24.5. The summed E-state index contributed by atoms with van der Waals surface area (Å²) < 4.78 is 2.38. The van der Waals surface area contributed by atoms with Crippen LogP contribution in [0.3, 0.4) is 0 Å². The molecule has 0 N–H and O–H groups in total. The number of benzene rings is 3. The molecule has 0 bridgehead atoms. The molecule has 7 heteroatoms. The maximum atomic E-state index is 3.02. The molecule has 1 aliphatic carbocycles. The molecule has 0 spiro atoms. The van der Waals surface area contributed by atoms with E-state index in [4.69, 9.17) is 0 Å². The fourth-order valence-electron chi connectivity index (χ4n) is 11.8. The van der Waals surface area contributed by atoms with E-state index in [2.05, 4.69) is 183 Å². The summed E-state index contributed by atoms with van der Waals surface area (Å²) in [6.45, 7) is 48.9. The van der Waals surface area contributed by atoms with Crippen molar-refractivity contribution in [3.05, 3.63) is 93.4 Å². The first kappa shape index (κ1) is 38.5. The van der Waals surface area contributed by atoms with Gasteiger partial charge in [0.05, 0.1) is 0 Å². The van der Waals surface area contributed by atoms with E-state index in [-0.39, 0.29) is 0 Å². The Hall–Kier alpha value is -0.756. The quantitative estimate of drug-likeness (QED) is 0.148. The van der Waals surface area contributed by atoms with Crippen LogP contribution in [-0.2, 0) is 3.49 Å². The Morgan fingerprint density at radius 3 is 1.23 bits per heavy atom. The van der Waals surface area contributed by atoms with Crippen molar-refractivity contribution in [1.29, 1.82) is 0 Å². The van der Waals surface area contributed by atoms with Crippen molar-refractivity contribution < 1.29 is 0 Å². The molecule has 0 unspecified atom stereocenters. The van der Waals surface area contributed by atoms with Crippen molar-refractivity contribution in [2.45, 2.75) is 132 Å². The molecule has 0 saturated carbocycles. The third-order valence-electron chi connectivity index (χ3n) is 11.6. The van der Waals surface area contributed by atoms with Crippen LogP contribution < -0.4 is 4.40 Å². The summed E-state index contributed by atoms with van der Waals surface area (Å²) >= 11 is -2.03. The Balaban J connectivity index is 1.98. The van der Waals surface area contributed by atoms with Crippen molar-refractivity contribution in [1.82, 2.24) is 0 Å². The number of fused-ring (bicyclic) bond motifs is 4. The van der Waals surface area contributed by atoms with E-state index in [1.165, 1.54) is 22.3 Å². The van der Waals surface area contributed by atoms with Crippen LogP contribution in [0.4, 0.5) is 0 Å². The van der Waals surface area contributed by atoms with Crippen molar-refractivity contribution in [2.75, 3.05) is 0 Å². The fourth-order valence-corrected chi connectivity index (χ4v) is 68.9. The van der Waals surface area contributed by atoms with Gasteiger partial charge >= 0.3 is 309 Å². The molecule has 3 aromatic rings. The second kappa shape index (κ2) is 12.2. The summed E-state index contributed by atoms with van der Waals surface area (Å²) in [5, 5.41) is 1.54. The van der Waals surface area contributed by atoms with E-state index in [1.54, 1.807) is 11.1 Å².